The predicted molar refractivity (Wildman–Crippen MR) is 109 cm³/mol. The van der Waals surface area contributed by atoms with Gasteiger partial charge in [0.05, 0.1) is 21.9 Å². The van der Waals surface area contributed by atoms with Gasteiger partial charge in [0.2, 0.25) is 15.9 Å². The highest BCUT2D eigenvalue weighted by Gasteiger charge is 2.25. The van der Waals surface area contributed by atoms with Gasteiger partial charge in [-0.1, -0.05) is 23.7 Å². The molecule has 2 amide bonds. The number of nitrogens with one attached hydrogen (secondary N) is 1. The van der Waals surface area contributed by atoms with Crippen LogP contribution in [0.1, 0.15) is 29.8 Å². The number of anilines is 1. The van der Waals surface area contributed by atoms with E-state index < -0.39 is 21.8 Å². The molecule has 0 atom stereocenters. The van der Waals surface area contributed by atoms with Gasteiger partial charge in [-0.2, -0.15) is 4.31 Å². The quantitative estimate of drug-likeness (QED) is 0.713. The summed E-state index contributed by atoms with van der Waals surface area (Å²) in [5.74, 6) is -0.996. The number of carbonyl (C=O) groups excluding carboxylic acids is 2. The lowest BCUT2D eigenvalue weighted by atomic mass is 10.1. The van der Waals surface area contributed by atoms with Crippen molar-refractivity contribution in [3.8, 4) is 0 Å². The Kier molecular flexibility index (Phi) is 6.82. The Hall–Kier alpha value is -2.42. The SMILES string of the molecule is CC(C)N(C)S(=O)(=O)c1ccc(Cl)c(C(=O)Nc2ccc(CC(N)=O)cc2)c1. The number of benzene rings is 2. The van der Waals surface area contributed by atoms with Gasteiger partial charge < -0.3 is 11.1 Å². The van der Waals surface area contributed by atoms with E-state index in [2.05, 4.69) is 5.32 Å². The monoisotopic (exact) mass is 423 g/mol. The molecule has 0 bridgehead atoms. The summed E-state index contributed by atoms with van der Waals surface area (Å²) in [5, 5.41) is 2.80. The molecule has 2 aromatic rings. The second kappa shape index (κ2) is 8.72. The molecule has 28 heavy (non-hydrogen) atoms. The van der Waals surface area contributed by atoms with Gasteiger partial charge >= 0.3 is 0 Å². The van der Waals surface area contributed by atoms with Crippen LogP contribution in [0.2, 0.25) is 5.02 Å². The third-order valence-electron chi connectivity index (χ3n) is 4.18. The molecular formula is C19H22ClN3O4S. The Morgan fingerprint density at radius 2 is 1.75 bits per heavy atom. The van der Waals surface area contributed by atoms with Crippen molar-refractivity contribution in [2.45, 2.75) is 31.2 Å². The van der Waals surface area contributed by atoms with Crippen molar-refractivity contribution in [3.63, 3.8) is 0 Å². The number of carbonyl (C=O) groups is 2. The number of hydrogen-bond acceptors (Lipinski definition) is 4. The van der Waals surface area contributed by atoms with Gasteiger partial charge in [-0.05, 0) is 49.7 Å². The number of amides is 2. The fraction of sp³-hybridized carbons (Fsp3) is 0.263. The van der Waals surface area contributed by atoms with E-state index in [1.807, 2.05) is 0 Å². The maximum absolute atomic E-state index is 12.7. The molecule has 2 rings (SSSR count). The lowest BCUT2D eigenvalue weighted by Crippen LogP contribution is -2.33. The zero-order valence-corrected chi connectivity index (χ0v) is 17.3. The zero-order chi connectivity index (χ0) is 21.1. The van der Waals surface area contributed by atoms with Crippen molar-refractivity contribution < 1.29 is 18.0 Å². The van der Waals surface area contributed by atoms with E-state index in [9.17, 15) is 18.0 Å². The summed E-state index contributed by atoms with van der Waals surface area (Å²) in [7, 11) is -2.28. The number of sulfonamides is 1. The number of halogens is 1. The van der Waals surface area contributed by atoms with Crippen molar-refractivity contribution >= 4 is 39.1 Å². The highest BCUT2D eigenvalue weighted by atomic mass is 35.5. The van der Waals surface area contributed by atoms with E-state index in [-0.39, 0.29) is 27.9 Å². The fourth-order valence-electron chi connectivity index (χ4n) is 2.39. The average molecular weight is 424 g/mol. The third kappa shape index (κ3) is 5.09. The molecule has 2 aromatic carbocycles. The van der Waals surface area contributed by atoms with E-state index in [4.69, 9.17) is 17.3 Å². The van der Waals surface area contributed by atoms with Crippen molar-refractivity contribution in [1.82, 2.24) is 4.31 Å². The first-order chi connectivity index (χ1) is 13.0. The number of rotatable bonds is 7. The molecular weight excluding hydrogens is 402 g/mol. The van der Waals surface area contributed by atoms with Crippen LogP contribution in [0.4, 0.5) is 5.69 Å². The molecule has 0 aliphatic heterocycles. The summed E-state index contributed by atoms with van der Waals surface area (Å²) in [5.41, 5.74) is 6.38. The van der Waals surface area contributed by atoms with Gasteiger partial charge in [-0.15, -0.1) is 0 Å². The first kappa shape index (κ1) is 21.9. The van der Waals surface area contributed by atoms with Gasteiger partial charge in [-0.3, -0.25) is 9.59 Å². The molecule has 150 valence electrons. The van der Waals surface area contributed by atoms with E-state index >= 15 is 0 Å². The van der Waals surface area contributed by atoms with Crippen LogP contribution in [-0.4, -0.2) is 37.6 Å². The van der Waals surface area contributed by atoms with Gasteiger partial charge in [0.1, 0.15) is 0 Å². The first-order valence-electron chi connectivity index (χ1n) is 8.48. The maximum Gasteiger partial charge on any atom is 0.257 e. The predicted octanol–water partition coefficient (Wildman–Crippen LogP) is 2.65. The van der Waals surface area contributed by atoms with Crippen LogP contribution in [-0.2, 0) is 21.2 Å². The highest BCUT2D eigenvalue weighted by molar-refractivity contribution is 7.89. The van der Waals surface area contributed by atoms with E-state index in [0.717, 1.165) is 0 Å². The van der Waals surface area contributed by atoms with Crippen molar-refractivity contribution in [1.29, 1.82) is 0 Å². The van der Waals surface area contributed by atoms with Gasteiger partial charge in [0.15, 0.2) is 0 Å². The molecule has 0 fully saturated rings. The number of hydrogen-bond donors (Lipinski definition) is 2. The minimum absolute atomic E-state index is 0.0185. The molecule has 0 spiro atoms. The van der Waals surface area contributed by atoms with Crippen LogP contribution in [0.5, 0.6) is 0 Å². The van der Waals surface area contributed by atoms with Crippen molar-refractivity contribution in [2.75, 3.05) is 12.4 Å². The molecule has 3 N–H and O–H groups in total. The molecule has 9 heteroatoms. The van der Waals surface area contributed by atoms with Crippen LogP contribution in [0, 0.1) is 0 Å². The minimum atomic E-state index is -3.75. The lowest BCUT2D eigenvalue weighted by Gasteiger charge is -2.21. The molecule has 7 nitrogen and oxygen atoms in total. The fourth-order valence-corrected chi connectivity index (χ4v) is 3.99. The summed E-state index contributed by atoms with van der Waals surface area (Å²) in [4.78, 5) is 23.5. The summed E-state index contributed by atoms with van der Waals surface area (Å²) in [6.45, 7) is 3.51. The molecule has 0 saturated carbocycles. The smallest absolute Gasteiger partial charge is 0.257 e. The summed E-state index contributed by atoms with van der Waals surface area (Å²) in [6.07, 6.45) is 0.101. The normalized spacial score (nSPS) is 11.6. The first-order valence-corrected chi connectivity index (χ1v) is 10.3. The second-order valence-corrected chi connectivity index (χ2v) is 8.96. The van der Waals surface area contributed by atoms with Crippen molar-refractivity contribution in [3.05, 3.63) is 58.6 Å². The molecule has 0 unspecified atom stereocenters. The van der Waals surface area contributed by atoms with Crippen LogP contribution < -0.4 is 11.1 Å². The molecule has 0 heterocycles. The average Bonchev–Trinajstić information content (AvgIpc) is 2.62. The summed E-state index contributed by atoms with van der Waals surface area (Å²) in [6, 6.07) is 10.3. The van der Waals surface area contributed by atoms with E-state index in [0.29, 0.717) is 11.3 Å². The van der Waals surface area contributed by atoms with Crippen LogP contribution in [0.25, 0.3) is 0 Å². The summed E-state index contributed by atoms with van der Waals surface area (Å²) >= 11 is 6.11. The van der Waals surface area contributed by atoms with Gasteiger partial charge in [0.25, 0.3) is 5.91 Å². The zero-order valence-electron chi connectivity index (χ0n) is 15.8. The minimum Gasteiger partial charge on any atom is -0.369 e. The standard InChI is InChI=1S/C19H22ClN3O4S/c1-12(2)23(3)28(26,27)15-8-9-17(20)16(11-15)19(25)22-14-6-4-13(5-7-14)10-18(21)24/h4-9,11-12H,10H2,1-3H3,(H2,21,24)(H,22,25). The Bertz CT molecular complexity index is 989. The molecule has 0 aromatic heterocycles. The maximum atomic E-state index is 12.7. The summed E-state index contributed by atoms with van der Waals surface area (Å²) < 4.78 is 26.5. The number of nitrogens with two attached hydrogens (primary N) is 1. The van der Waals surface area contributed by atoms with Crippen LogP contribution >= 0.6 is 11.6 Å². The second-order valence-electron chi connectivity index (χ2n) is 6.55. The van der Waals surface area contributed by atoms with Gasteiger partial charge in [-0.25, -0.2) is 8.42 Å². The van der Waals surface area contributed by atoms with Crippen LogP contribution in [0.3, 0.4) is 0 Å². The lowest BCUT2D eigenvalue weighted by molar-refractivity contribution is -0.117. The number of nitrogens with zero attached hydrogens (tertiary/aromatic N) is 1. The Morgan fingerprint density at radius 1 is 1.14 bits per heavy atom. The Balaban J connectivity index is 2.27. The van der Waals surface area contributed by atoms with Crippen molar-refractivity contribution in [2.24, 2.45) is 5.73 Å². The van der Waals surface area contributed by atoms with Crippen LogP contribution in [0.15, 0.2) is 47.4 Å². The Labute approximate surface area is 169 Å². The molecule has 0 aliphatic rings. The van der Waals surface area contributed by atoms with Gasteiger partial charge in [0, 0.05) is 18.8 Å². The van der Waals surface area contributed by atoms with E-state index in [1.165, 1.54) is 29.6 Å². The molecule has 0 aliphatic carbocycles. The topological polar surface area (TPSA) is 110 Å². The third-order valence-corrected chi connectivity index (χ3v) is 6.54. The largest absolute Gasteiger partial charge is 0.369 e. The van der Waals surface area contributed by atoms with E-state index in [1.54, 1.807) is 38.1 Å². The highest BCUT2D eigenvalue weighted by Crippen LogP contribution is 2.24. The Morgan fingerprint density at radius 3 is 2.29 bits per heavy atom. The number of primary amides is 1. The molecule has 0 saturated heterocycles. The molecule has 0 radical (unpaired) electrons.